The van der Waals surface area contributed by atoms with Crippen molar-refractivity contribution < 1.29 is 14.6 Å². The van der Waals surface area contributed by atoms with Gasteiger partial charge in [-0.05, 0) is 30.9 Å². The van der Waals surface area contributed by atoms with Crippen molar-refractivity contribution in [2.24, 2.45) is 0 Å². The van der Waals surface area contributed by atoms with E-state index in [9.17, 15) is 5.11 Å². The zero-order chi connectivity index (χ0) is 11.4. The molecule has 2 aliphatic heterocycles. The second-order valence-corrected chi connectivity index (χ2v) is 3.24. The fourth-order valence-electron chi connectivity index (χ4n) is 1.38. The maximum atomic E-state index is 9.63. The van der Waals surface area contributed by atoms with E-state index in [1.807, 2.05) is 0 Å². The van der Waals surface area contributed by atoms with Gasteiger partial charge >= 0.3 is 5.79 Å². The summed E-state index contributed by atoms with van der Waals surface area (Å²) >= 11 is 0. The van der Waals surface area contributed by atoms with Crippen LogP contribution in [0.1, 0.15) is 6.92 Å². The van der Waals surface area contributed by atoms with Gasteiger partial charge in [-0.25, -0.2) is 0 Å². The van der Waals surface area contributed by atoms with Gasteiger partial charge in [-0.1, -0.05) is 11.8 Å². The fraction of sp³-hybridized carbons (Fsp3) is 0.231. The average Bonchev–Trinajstić information content (AvgIpc) is 2.84. The second-order valence-electron chi connectivity index (χ2n) is 3.24. The summed E-state index contributed by atoms with van der Waals surface area (Å²) in [6.07, 6.45) is 7.12. The molecule has 0 unspecified atom stereocenters. The number of hydrogen-bond acceptors (Lipinski definition) is 3. The van der Waals surface area contributed by atoms with Crippen LogP contribution >= 0.6 is 0 Å². The van der Waals surface area contributed by atoms with Crippen LogP contribution in [-0.2, 0) is 9.47 Å². The molecular formula is C13H10O3. The number of aliphatic hydroxyl groups is 1. The lowest BCUT2D eigenvalue weighted by molar-refractivity contribution is -0.165. The summed E-state index contributed by atoms with van der Waals surface area (Å²) in [7, 11) is 0. The third kappa shape index (κ3) is 1.82. The van der Waals surface area contributed by atoms with E-state index in [-0.39, 0.29) is 0 Å². The molecular weight excluding hydrogens is 204 g/mol. The van der Waals surface area contributed by atoms with Crippen LogP contribution in [0.25, 0.3) is 0 Å². The van der Waals surface area contributed by atoms with Crippen molar-refractivity contribution in [3.05, 3.63) is 36.3 Å². The van der Waals surface area contributed by atoms with Gasteiger partial charge in [0.25, 0.3) is 0 Å². The van der Waals surface area contributed by atoms with E-state index in [1.165, 1.54) is 12.3 Å². The van der Waals surface area contributed by atoms with Crippen molar-refractivity contribution >= 4 is 0 Å². The third-order valence-electron chi connectivity index (χ3n) is 2.16. The topological polar surface area (TPSA) is 38.7 Å². The molecule has 0 radical (unpaired) electrons. The molecule has 0 aromatic rings. The molecule has 0 fully saturated rings. The van der Waals surface area contributed by atoms with Gasteiger partial charge in [-0.15, -0.1) is 0 Å². The summed E-state index contributed by atoms with van der Waals surface area (Å²) in [5.74, 6) is 10.1. The SMILES string of the molecule is CC#CC#C/C=C1/C=C[C@@]2(OC=C[C@H]2O)O1. The van der Waals surface area contributed by atoms with Gasteiger partial charge in [0.05, 0.1) is 6.26 Å². The lowest BCUT2D eigenvalue weighted by Gasteiger charge is -2.24. The Morgan fingerprint density at radius 2 is 2.38 bits per heavy atom. The van der Waals surface area contributed by atoms with Gasteiger partial charge in [-0.2, -0.15) is 0 Å². The zero-order valence-corrected chi connectivity index (χ0v) is 8.73. The fourth-order valence-corrected chi connectivity index (χ4v) is 1.38. The number of hydrogen-bond donors (Lipinski definition) is 1. The molecule has 0 aromatic heterocycles. The van der Waals surface area contributed by atoms with Crippen LogP contribution in [0.3, 0.4) is 0 Å². The minimum atomic E-state index is -1.09. The van der Waals surface area contributed by atoms with Crippen molar-refractivity contribution in [3.63, 3.8) is 0 Å². The predicted octanol–water partition coefficient (Wildman–Crippen LogP) is 1.08. The predicted molar refractivity (Wildman–Crippen MR) is 58.5 cm³/mol. The van der Waals surface area contributed by atoms with Crippen LogP contribution in [0, 0.1) is 23.7 Å². The standard InChI is InChI=1S/C13H10O3/c1-2-3-4-5-6-11-7-9-13(16-11)12(14)8-10-15-13/h6-10,12,14H,1H3/b11-6-/t12-,13-/m1/s1. The van der Waals surface area contributed by atoms with Crippen LogP contribution in [0.5, 0.6) is 0 Å². The van der Waals surface area contributed by atoms with Gasteiger partial charge in [-0.3, -0.25) is 0 Å². The number of aliphatic hydroxyl groups excluding tert-OH is 1. The molecule has 0 saturated heterocycles. The van der Waals surface area contributed by atoms with Crippen LogP contribution in [0.2, 0.25) is 0 Å². The van der Waals surface area contributed by atoms with E-state index in [0.717, 1.165) is 0 Å². The normalized spacial score (nSPS) is 31.6. The molecule has 0 aliphatic carbocycles. The highest BCUT2D eigenvalue weighted by Gasteiger charge is 2.45. The molecule has 3 heteroatoms. The largest absolute Gasteiger partial charge is 0.454 e. The molecule has 16 heavy (non-hydrogen) atoms. The molecule has 2 rings (SSSR count). The van der Waals surface area contributed by atoms with E-state index in [2.05, 4.69) is 23.7 Å². The zero-order valence-electron chi connectivity index (χ0n) is 8.73. The highest BCUT2D eigenvalue weighted by molar-refractivity contribution is 5.36. The third-order valence-corrected chi connectivity index (χ3v) is 2.16. The molecule has 80 valence electrons. The van der Waals surface area contributed by atoms with Gasteiger partial charge < -0.3 is 14.6 Å². The second kappa shape index (κ2) is 4.18. The Kier molecular flexibility index (Phi) is 2.72. The Morgan fingerprint density at radius 1 is 1.50 bits per heavy atom. The molecule has 2 atom stereocenters. The first-order valence-electron chi connectivity index (χ1n) is 4.80. The van der Waals surface area contributed by atoms with Crippen LogP contribution in [-0.4, -0.2) is 17.0 Å². The average molecular weight is 214 g/mol. The Bertz CT molecular complexity index is 491. The van der Waals surface area contributed by atoms with Crippen molar-refractivity contribution in [1.82, 2.24) is 0 Å². The maximum absolute atomic E-state index is 9.63. The summed E-state index contributed by atoms with van der Waals surface area (Å²) in [5, 5.41) is 9.63. The number of rotatable bonds is 0. The van der Waals surface area contributed by atoms with E-state index < -0.39 is 11.9 Å². The maximum Gasteiger partial charge on any atom is 0.300 e. The smallest absolute Gasteiger partial charge is 0.300 e. The van der Waals surface area contributed by atoms with Crippen LogP contribution in [0.15, 0.2) is 36.3 Å². The minimum Gasteiger partial charge on any atom is -0.454 e. The molecule has 2 heterocycles. The van der Waals surface area contributed by atoms with Gasteiger partial charge in [0.1, 0.15) is 5.76 Å². The number of ether oxygens (including phenoxy) is 2. The highest BCUT2D eigenvalue weighted by Crippen LogP contribution is 2.34. The van der Waals surface area contributed by atoms with E-state index >= 15 is 0 Å². The highest BCUT2D eigenvalue weighted by atomic mass is 16.7. The molecule has 1 spiro atoms. The Morgan fingerprint density at radius 3 is 3.06 bits per heavy atom. The summed E-state index contributed by atoms with van der Waals surface area (Å²) in [6, 6.07) is 0. The number of allylic oxidation sites excluding steroid dienone is 2. The Hall–Kier alpha value is -2.10. The van der Waals surface area contributed by atoms with Crippen LogP contribution < -0.4 is 0 Å². The van der Waals surface area contributed by atoms with Crippen molar-refractivity contribution in [1.29, 1.82) is 0 Å². The summed E-state index contributed by atoms with van der Waals surface area (Å²) < 4.78 is 10.7. The molecule has 0 aromatic carbocycles. The first-order valence-corrected chi connectivity index (χ1v) is 4.80. The first kappa shape index (κ1) is 10.4. The van der Waals surface area contributed by atoms with Gasteiger partial charge in [0, 0.05) is 12.2 Å². The lowest BCUT2D eigenvalue weighted by Crippen LogP contribution is -2.37. The van der Waals surface area contributed by atoms with Gasteiger partial charge in [0.2, 0.25) is 0 Å². The van der Waals surface area contributed by atoms with Crippen LogP contribution in [0.4, 0.5) is 0 Å². The van der Waals surface area contributed by atoms with Crippen molar-refractivity contribution in [3.8, 4) is 23.7 Å². The Balaban J connectivity index is 2.07. The molecule has 1 N–H and O–H groups in total. The molecule has 0 bridgehead atoms. The van der Waals surface area contributed by atoms with Crippen molar-refractivity contribution in [2.75, 3.05) is 0 Å². The Labute approximate surface area is 94.1 Å². The van der Waals surface area contributed by atoms with E-state index in [1.54, 1.807) is 25.2 Å². The first-order chi connectivity index (χ1) is 7.77. The molecule has 0 amide bonds. The van der Waals surface area contributed by atoms with E-state index in [0.29, 0.717) is 5.76 Å². The minimum absolute atomic E-state index is 0.549. The monoisotopic (exact) mass is 214 g/mol. The molecule has 0 saturated carbocycles. The summed E-state index contributed by atoms with van der Waals surface area (Å²) in [6.45, 7) is 1.72. The summed E-state index contributed by atoms with van der Waals surface area (Å²) in [4.78, 5) is 0. The quantitative estimate of drug-likeness (QED) is 0.613. The van der Waals surface area contributed by atoms with E-state index in [4.69, 9.17) is 9.47 Å². The van der Waals surface area contributed by atoms with Crippen molar-refractivity contribution in [2.45, 2.75) is 18.8 Å². The lowest BCUT2D eigenvalue weighted by atomic mass is 10.1. The summed E-state index contributed by atoms with van der Waals surface area (Å²) in [5.41, 5.74) is 0. The molecule has 2 aliphatic rings. The van der Waals surface area contributed by atoms with Gasteiger partial charge in [0.15, 0.2) is 6.10 Å². The molecule has 3 nitrogen and oxygen atoms in total.